The molecule has 0 radical (unpaired) electrons. The van der Waals surface area contributed by atoms with Crippen molar-refractivity contribution in [2.45, 2.75) is 13.3 Å². The van der Waals surface area contributed by atoms with Crippen LogP contribution in [0.2, 0.25) is 0 Å². The number of hydrogen-bond donors (Lipinski definition) is 0. The summed E-state index contributed by atoms with van der Waals surface area (Å²) in [6.45, 7) is 2.10. The Kier molecular flexibility index (Phi) is 3.80. The van der Waals surface area contributed by atoms with Crippen molar-refractivity contribution in [2.75, 3.05) is 0 Å². The van der Waals surface area contributed by atoms with Crippen LogP contribution in [0, 0.1) is 18.3 Å². The van der Waals surface area contributed by atoms with E-state index in [1.165, 1.54) is 11.1 Å². The molecule has 0 saturated heterocycles. The molecule has 0 aliphatic heterocycles. The first-order valence-corrected chi connectivity index (χ1v) is 8.26. The maximum Gasteiger partial charge on any atom is 0.137 e. The van der Waals surface area contributed by atoms with E-state index in [0.29, 0.717) is 5.56 Å². The van der Waals surface area contributed by atoms with Gasteiger partial charge in [0.15, 0.2) is 0 Å². The lowest BCUT2D eigenvalue weighted by atomic mass is 10.0. The van der Waals surface area contributed by atoms with Crippen LogP contribution in [0.25, 0.3) is 16.9 Å². The molecule has 3 nitrogen and oxygen atoms in total. The second kappa shape index (κ2) is 6.26. The van der Waals surface area contributed by atoms with Crippen LogP contribution >= 0.6 is 0 Å². The summed E-state index contributed by atoms with van der Waals surface area (Å²) in [5.41, 5.74) is 7.27. The summed E-state index contributed by atoms with van der Waals surface area (Å²) >= 11 is 0. The molecule has 0 aliphatic rings. The van der Waals surface area contributed by atoms with E-state index in [2.05, 4.69) is 47.9 Å². The Bertz CT molecular complexity index is 1070. The maximum absolute atomic E-state index is 9.02. The molecule has 0 atom stereocenters. The van der Waals surface area contributed by atoms with Crippen molar-refractivity contribution in [3.05, 3.63) is 95.3 Å². The Morgan fingerprint density at radius 1 is 0.960 bits per heavy atom. The second-order valence-corrected chi connectivity index (χ2v) is 6.19. The first-order chi connectivity index (χ1) is 12.2. The first-order valence-electron chi connectivity index (χ1n) is 8.26. The molecule has 0 aliphatic carbocycles. The Morgan fingerprint density at radius 2 is 1.72 bits per heavy atom. The van der Waals surface area contributed by atoms with Gasteiger partial charge in [0.2, 0.25) is 0 Å². The molecule has 25 heavy (non-hydrogen) atoms. The van der Waals surface area contributed by atoms with Gasteiger partial charge < -0.3 is 4.40 Å². The van der Waals surface area contributed by atoms with E-state index in [1.54, 1.807) is 0 Å². The molecule has 0 fully saturated rings. The van der Waals surface area contributed by atoms with Crippen LogP contribution in [-0.4, -0.2) is 9.38 Å². The van der Waals surface area contributed by atoms with Gasteiger partial charge in [-0.3, -0.25) is 0 Å². The summed E-state index contributed by atoms with van der Waals surface area (Å²) in [6, 6.07) is 24.4. The molecule has 2 heterocycles. The van der Waals surface area contributed by atoms with Gasteiger partial charge in [-0.05, 0) is 36.8 Å². The average Bonchev–Trinajstić information content (AvgIpc) is 3.02. The predicted octanol–water partition coefficient (Wildman–Crippen LogP) is 4.77. The predicted molar refractivity (Wildman–Crippen MR) is 99.3 cm³/mol. The molecular formula is C22H17N3. The molecule has 2 aromatic heterocycles. The number of fused-ring (bicyclic) bond motifs is 1. The van der Waals surface area contributed by atoms with Gasteiger partial charge in [-0.1, -0.05) is 48.0 Å². The Hall–Kier alpha value is -3.38. The van der Waals surface area contributed by atoms with Crippen LogP contribution in [0.4, 0.5) is 0 Å². The third kappa shape index (κ3) is 2.90. The van der Waals surface area contributed by atoms with E-state index >= 15 is 0 Å². The number of aryl methyl sites for hydroxylation is 1. The normalized spacial score (nSPS) is 10.7. The minimum absolute atomic E-state index is 0.660. The summed E-state index contributed by atoms with van der Waals surface area (Å²) in [4.78, 5) is 4.83. The second-order valence-electron chi connectivity index (χ2n) is 6.19. The minimum Gasteiger partial charge on any atom is -0.303 e. The molecule has 2 aromatic carbocycles. The van der Waals surface area contributed by atoms with Gasteiger partial charge in [-0.2, -0.15) is 5.26 Å². The van der Waals surface area contributed by atoms with Crippen LogP contribution in [0.1, 0.15) is 22.4 Å². The lowest BCUT2D eigenvalue weighted by molar-refractivity contribution is 1.03. The Balaban J connectivity index is 1.85. The third-order valence-corrected chi connectivity index (χ3v) is 4.41. The van der Waals surface area contributed by atoms with Crippen molar-refractivity contribution in [3.63, 3.8) is 0 Å². The number of rotatable bonds is 3. The van der Waals surface area contributed by atoms with E-state index in [0.717, 1.165) is 29.0 Å². The monoisotopic (exact) mass is 323 g/mol. The minimum atomic E-state index is 0.660. The molecule has 0 N–H and O–H groups in total. The standard InChI is InChI=1S/C22H17N3/c1-16-5-7-17(8-6-16)14-20-22(19-11-9-18(15-23)10-12-19)24-21-4-2-3-13-25(20)21/h2-13H,14H2,1H3. The summed E-state index contributed by atoms with van der Waals surface area (Å²) in [5.74, 6) is 0. The first kappa shape index (κ1) is 15.2. The smallest absolute Gasteiger partial charge is 0.137 e. The zero-order valence-corrected chi connectivity index (χ0v) is 14.0. The summed E-state index contributed by atoms with van der Waals surface area (Å²) in [6.07, 6.45) is 2.86. The quantitative estimate of drug-likeness (QED) is 0.545. The lowest BCUT2D eigenvalue weighted by Crippen LogP contribution is -1.96. The van der Waals surface area contributed by atoms with Gasteiger partial charge in [0, 0.05) is 18.2 Å². The molecule has 0 unspecified atom stereocenters. The molecule has 0 bridgehead atoms. The van der Waals surface area contributed by atoms with Crippen LogP contribution < -0.4 is 0 Å². The van der Waals surface area contributed by atoms with E-state index < -0.39 is 0 Å². The molecular weight excluding hydrogens is 306 g/mol. The van der Waals surface area contributed by atoms with Gasteiger partial charge in [0.25, 0.3) is 0 Å². The van der Waals surface area contributed by atoms with Crippen molar-refractivity contribution in [2.24, 2.45) is 0 Å². The highest BCUT2D eigenvalue weighted by molar-refractivity contribution is 5.67. The number of nitriles is 1. The van der Waals surface area contributed by atoms with Crippen LogP contribution in [0.5, 0.6) is 0 Å². The van der Waals surface area contributed by atoms with Gasteiger partial charge >= 0.3 is 0 Å². The number of nitrogens with zero attached hydrogens (tertiary/aromatic N) is 3. The van der Waals surface area contributed by atoms with E-state index in [9.17, 15) is 0 Å². The van der Waals surface area contributed by atoms with E-state index in [4.69, 9.17) is 10.2 Å². The zero-order valence-electron chi connectivity index (χ0n) is 14.0. The Labute approximate surface area is 146 Å². The lowest BCUT2D eigenvalue weighted by Gasteiger charge is -2.06. The SMILES string of the molecule is Cc1ccc(Cc2c(-c3ccc(C#N)cc3)nc3ccccn23)cc1. The van der Waals surface area contributed by atoms with Gasteiger partial charge in [0.05, 0.1) is 23.0 Å². The van der Waals surface area contributed by atoms with Gasteiger partial charge in [-0.25, -0.2) is 4.98 Å². The van der Waals surface area contributed by atoms with Crippen LogP contribution in [0.15, 0.2) is 72.9 Å². The topological polar surface area (TPSA) is 41.1 Å². The van der Waals surface area contributed by atoms with Crippen molar-refractivity contribution < 1.29 is 0 Å². The molecule has 3 heteroatoms. The number of hydrogen-bond acceptors (Lipinski definition) is 2. The summed E-state index contributed by atoms with van der Waals surface area (Å²) in [5, 5.41) is 9.02. The van der Waals surface area contributed by atoms with Crippen LogP contribution in [0.3, 0.4) is 0 Å². The summed E-state index contributed by atoms with van der Waals surface area (Å²) < 4.78 is 2.15. The third-order valence-electron chi connectivity index (χ3n) is 4.41. The Morgan fingerprint density at radius 3 is 2.44 bits per heavy atom. The van der Waals surface area contributed by atoms with Crippen molar-refractivity contribution in [3.8, 4) is 17.3 Å². The van der Waals surface area contributed by atoms with Gasteiger partial charge in [-0.15, -0.1) is 0 Å². The summed E-state index contributed by atoms with van der Waals surface area (Å²) in [7, 11) is 0. The fraction of sp³-hybridized carbons (Fsp3) is 0.0909. The molecule has 4 rings (SSSR count). The highest BCUT2D eigenvalue weighted by atomic mass is 15.0. The largest absolute Gasteiger partial charge is 0.303 e. The fourth-order valence-electron chi connectivity index (χ4n) is 3.05. The molecule has 0 saturated carbocycles. The highest BCUT2D eigenvalue weighted by Gasteiger charge is 2.14. The highest BCUT2D eigenvalue weighted by Crippen LogP contribution is 2.27. The molecule has 0 spiro atoms. The number of benzene rings is 2. The van der Waals surface area contributed by atoms with Crippen molar-refractivity contribution in [1.82, 2.24) is 9.38 Å². The number of pyridine rings is 1. The average molecular weight is 323 g/mol. The van der Waals surface area contributed by atoms with Gasteiger partial charge in [0.1, 0.15) is 5.65 Å². The van der Waals surface area contributed by atoms with Crippen molar-refractivity contribution >= 4 is 5.65 Å². The fourth-order valence-corrected chi connectivity index (χ4v) is 3.05. The number of imidazole rings is 1. The van der Waals surface area contributed by atoms with E-state index in [1.807, 2.05) is 42.5 Å². The van der Waals surface area contributed by atoms with Crippen molar-refractivity contribution in [1.29, 1.82) is 5.26 Å². The molecule has 0 amide bonds. The number of aromatic nitrogens is 2. The van der Waals surface area contributed by atoms with E-state index in [-0.39, 0.29) is 0 Å². The molecule has 4 aromatic rings. The molecule has 120 valence electrons. The maximum atomic E-state index is 9.02. The van der Waals surface area contributed by atoms with Crippen LogP contribution in [-0.2, 0) is 6.42 Å². The zero-order chi connectivity index (χ0) is 17.2.